The Labute approximate surface area is 152 Å². The Bertz CT molecular complexity index is 690. The summed E-state index contributed by atoms with van der Waals surface area (Å²) in [5.41, 5.74) is 1.96. The van der Waals surface area contributed by atoms with Crippen LogP contribution in [0.3, 0.4) is 0 Å². The summed E-state index contributed by atoms with van der Waals surface area (Å²) in [6.07, 6.45) is 4.72. The van der Waals surface area contributed by atoms with Crippen molar-refractivity contribution in [2.45, 2.75) is 25.7 Å². The van der Waals surface area contributed by atoms with Crippen molar-refractivity contribution >= 4 is 23.4 Å². The molecule has 0 aliphatic heterocycles. The predicted octanol–water partition coefficient (Wildman–Crippen LogP) is 2.70. The van der Waals surface area contributed by atoms with Crippen LogP contribution in [-0.4, -0.2) is 29.9 Å². The number of pyridine rings is 1. The smallest absolute Gasteiger partial charge is 0.227 e. The highest BCUT2D eigenvalue weighted by atomic mass is 35.5. The topological polar surface area (TPSA) is 71.1 Å². The maximum atomic E-state index is 12.7. The van der Waals surface area contributed by atoms with Gasteiger partial charge in [0.25, 0.3) is 0 Å². The van der Waals surface area contributed by atoms with E-state index in [1.807, 2.05) is 24.3 Å². The van der Waals surface area contributed by atoms with E-state index in [4.69, 9.17) is 11.6 Å². The van der Waals surface area contributed by atoms with Crippen LogP contribution in [0.4, 0.5) is 0 Å². The summed E-state index contributed by atoms with van der Waals surface area (Å²) >= 11 is 5.96. The zero-order valence-corrected chi connectivity index (χ0v) is 14.9. The largest absolute Gasteiger partial charge is 0.356 e. The average molecular weight is 360 g/mol. The second kappa shape index (κ2) is 9.79. The van der Waals surface area contributed by atoms with Gasteiger partial charge in [0, 0.05) is 37.4 Å². The van der Waals surface area contributed by atoms with Gasteiger partial charge in [-0.1, -0.05) is 23.7 Å². The van der Waals surface area contributed by atoms with E-state index in [9.17, 15) is 9.59 Å². The molecule has 1 unspecified atom stereocenters. The van der Waals surface area contributed by atoms with Crippen LogP contribution >= 0.6 is 11.6 Å². The van der Waals surface area contributed by atoms with Crippen LogP contribution in [0.25, 0.3) is 0 Å². The SMILES string of the molecule is CC(=O)NCCCNC(=O)C(Cc1ccncc1)c1ccc(Cl)cc1. The van der Waals surface area contributed by atoms with Gasteiger partial charge in [-0.05, 0) is 48.2 Å². The van der Waals surface area contributed by atoms with E-state index < -0.39 is 0 Å². The molecule has 0 saturated heterocycles. The van der Waals surface area contributed by atoms with Crippen molar-refractivity contribution in [3.8, 4) is 0 Å². The Balaban J connectivity index is 2.01. The van der Waals surface area contributed by atoms with E-state index in [-0.39, 0.29) is 17.7 Å². The molecule has 5 nitrogen and oxygen atoms in total. The quantitative estimate of drug-likeness (QED) is 0.712. The minimum Gasteiger partial charge on any atom is -0.356 e. The van der Waals surface area contributed by atoms with Crippen molar-refractivity contribution < 1.29 is 9.59 Å². The number of halogens is 1. The lowest BCUT2D eigenvalue weighted by molar-refractivity contribution is -0.122. The second-order valence-electron chi connectivity index (χ2n) is 5.79. The number of amides is 2. The van der Waals surface area contributed by atoms with Gasteiger partial charge >= 0.3 is 0 Å². The molecule has 1 atom stereocenters. The number of carbonyl (C=O) groups excluding carboxylic acids is 2. The van der Waals surface area contributed by atoms with Crippen molar-refractivity contribution in [1.29, 1.82) is 0 Å². The van der Waals surface area contributed by atoms with E-state index in [0.717, 1.165) is 11.1 Å². The summed E-state index contributed by atoms with van der Waals surface area (Å²) in [5.74, 6) is -0.412. The maximum absolute atomic E-state index is 12.7. The molecule has 0 spiro atoms. The van der Waals surface area contributed by atoms with Crippen LogP contribution in [0.5, 0.6) is 0 Å². The Kier molecular flexibility index (Phi) is 7.41. The molecule has 6 heteroatoms. The lowest BCUT2D eigenvalue weighted by Crippen LogP contribution is -2.33. The number of carbonyl (C=O) groups is 2. The van der Waals surface area contributed by atoms with Gasteiger partial charge in [-0.15, -0.1) is 0 Å². The summed E-state index contributed by atoms with van der Waals surface area (Å²) in [5, 5.41) is 6.31. The van der Waals surface area contributed by atoms with E-state index in [1.54, 1.807) is 24.5 Å². The molecule has 0 bridgehead atoms. The molecule has 132 valence electrons. The molecule has 1 aromatic heterocycles. The van der Waals surface area contributed by atoms with E-state index >= 15 is 0 Å². The second-order valence-corrected chi connectivity index (χ2v) is 6.23. The van der Waals surface area contributed by atoms with Crippen molar-refractivity contribution in [3.05, 3.63) is 64.9 Å². The molecule has 2 rings (SSSR count). The standard InChI is InChI=1S/C19H22ClN3O2/c1-14(24)22-9-2-10-23-19(25)18(13-15-7-11-21-12-8-15)16-3-5-17(20)6-4-16/h3-8,11-12,18H,2,9-10,13H2,1H3,(H,22,24)(H,23,25). The first kappa shape index (κ1) is 18.9. The molecule has 2 amide bonds. The molecular formula is C19H22ClN3O2. The Morgan fingerprint density at radius 2 is 1.68 bits per heavy atom. The molecule has 0 fully saturated rings. The highest BCUT2D eigenvalue weighted by Crippen LogP contribution is 2.23. The molecule has 0 saturated carbocycles. The minimum atomic E-state index is -0.305. The third kappa shape index (κ3) is 6.55. The first-order chi connectivity index (χ1) is 12.1. The maximum Gasteiger partial charge on any atom is 0.227 e. The number of nitrogens with one attached hydrogen (secondary N) is 2. The first-order valence-corrected chi connectivity index (χ1v) is 8.60. The van der Waals surface area contributed by atoms with Crippen molar-refractivity contribution in [2.24, 2.45) is 0 Å². The zero-order chi connectivity index (χ0) is 18.1. The van der Waals surface area contributed by atoms with Gasteiger partial charge in [0.2, 0.25) is 11.8 Å². The molecule has 2 aromatic rings. The zero-order valence-electron chi connectivity index (χ0n) is 14.2. The molecule has 1 heterocycles. The fourth-order valence-electron chi connectivity index (χ4n) is 2.50. The fraction of sp³-hybridized carbons (Fsp3) is 0.316. The first-order valence-electron chi connectivity index (χ1n) is 8.23. The summed E-state index contributed by atoms with van der Waals surface area (Å²) < 4.78 is 0. The monoisotopic (exact) mass is 359 g/mol. The van der Waals surface area contributed by atoms with Gasteiger partial charge in [-0.3, -0.25) is 14.6 Å². The molecule has 0 aliphatic carbocycles. The van der Waals surface area contributed by atoms with Gasteiger partial charge in [0.1, 0.15) is 0 Å². The highest BCUT2D eigenvalue weighted by molar-refractivity contribution is 6.30. The number of aromatic nitrogens is 1. The van der Waals surface area contributed by atoms with Crippen LogP contribution in [0, 0.1) is 0 Å². The number of hydrogen-bond acceptors (Lipinski definition) is 3. The normalized spacial score (nSPS) is 11.6. The molecule has 0 aliphatic rings. The summed E-state index contributed by atoms with van der Waals surface area (Å²) in [6, 6.07) is 11.2. The van der Waals surface area contributed by atoms with Crippen LogP contribution in [0.2, 0.25) is 5.02 Å². The number of benzene rings is 1. The van der Waals surface area contributed by atoms with Crippen LogP contribution in [0.15, 0.2) is 48.8 Å². The third-order valence-corrected chi connectivity index (χ3v) is 4.06. The fourth-order valence-corrected chi connectivity index (χ4v) is 2.63. The number of rotatable bonds is 8. The lowest BCUT2D eigenvalue weighted by Gasteiger charge is -2.18. The lowest BCUT2D eigenvalue weighted by atomic mass is 9.91. The Hall–Kier alpha value is -2.40. The summed E-state index contributed by atoms with van der Waals surface area (Å²) in [7, 11) is 0. The average Bonchev–Trinajstić information content (AvgIpc) is 2.61. The van der Waals surface area contributed by atoms with Gasteiger partial charge in [-0.2, -0.15) is 0 Å². The Morgan fingerprint density at radius 3 is 2.32 bits per heavy atom. The van der Waals surface area contributed by atoms with Crippen LogP contribution in [-0.2, 0) is 16.0 Å². The predicted molar refractivity (Wildman–Crippen MR) is 98.4 cm³/mol. The van der Waals surface area contributed by atoms with E-state index in [2.05, 4.69) is 15.6 Å². The van der Waals surface area contributed by atoms with Crippen LogP contribution < -0.4 is 10.6 Å². The molecule has 0 radical (unpaired) electrons. The highest BCUT2D eigenvalue weighted by Gasteiger charge is 2.20. The number of nitrogens with zero attached hydrogens (tertiary/aromatic N) is 1. The molecule has 1 aromatic carbocycles. The Morgan fingerprint density at radius 1 is 1.04 bits per heavy atom. The summed E-state index contributed by atoms with van der Waals surface area (Å²) in [4.78, 5) is 27.5. The minimum absolute atomic E-state index is 0.0399. The van der Waals surface area contributed by atoms with E-state index in [0.29, 0.717) is 31.0 Å². The van der Waals surface area contributed by atoms with Gasteiger partial charge in [-0.25, -0.2) is 0 Å². The molecular weight excluding hydrogens is 338 g/mol. The third-order valence-electron chi connectivity index (χ3n) is 3.80. The molecule has 25 heavy (non-hydrogen) atoms. The number of hydrogen-bond donors (Lipinski definition) is 2. The van der Waals surface area contributed by atoms with Crippen LogP contribution in [0.1, 0.15) is 30.4 Å². The van der Waals surface area contributed by atoms with Gasteiger partial charge < -0.3 is 10.6 Å². The van der Waals surface area contributed by atoms with Gasteiger partial charge in [0.15, 0.2) is 0 Å². The van der Waals surface area contributed by atoms with Crippen molar-refractivity contribution in [1.82, 2.24) is 15.6 Å². The molecule has 2 N–H and O–H groups in total. The van der Waals surface area contributed by atoms with Gasteiger partial charge in [0.05, 0.1) is 5.92 Å². The van der Waals surface area contributed by atoms with E-state index in [1.165, 1.54) is 6.92 Å². The summed E-state index contributed by atoms with van der Waals surface area (Å²) in [6.45, 7) is 2.54. The van der Waals surface area contributed by atoms with Crippen molar-refractivity contribution in [3.63, 3.8) is 0 Å². The van der Waals surface area contributed by atoms with Crippen molar-refractivity contribution in [2.75, 3.05) is 13.1 Å².